The molecule has 4 heteroatoms. The fourth-order valence-electron chi connectivity index (χ4n) is 2.13. The predicted octanol–water partition coefficient (Wildman–Crippen LogP) is 3.59. The van der Waals surface area contributed by atoms with Gasteiger partial charge in [0.25, 0.3) is 0 Å². The van der Waals surface area contributed by atoms with E-state index in [9.17, 15) is 0 Å². The molecule has 1 aromatic rings. The lowest BCUT2D eigenvalue weighted by Gasteiger charge is -2.19. The molecule has 0 aliphatic heterocycles. The van der Waals surface area contributed by atoms with E-state index in [0.717, 1.165) is 35.6 Å². The number of hydrogen-bond donors (Lipinski definition) is 1. The average Bonchev–Trinajstić information content (AvgIpc) is 2.40. The van der Waals surface area contributed by atoms with Crippen LogP contribution in [0.1, 0.15) is 37.7 Å². The van der Waals surface area contributed by atoms with Crippen LogP contribution in [0.5, 0.6) is 11.5 Å². The van der Waals surface area contributed by atoms with Crippen molar-refractivity contribution >= 4 is 11.6 Å². The lowest BCUT2D eigenvalue weighted by atomic mass is 9.91. The Morgan fingerprint density at radius 3 is 2.33 bits per heavy atom. The second-order valence-corrected chi connectivity index (χ2v) is 4.67. The largest absolute Gasteiger partial charge is 0.493 e. The van der Waals surface area contributed by atoms with Crippen LogP contribution in [0.25, 0.3) is 0 Å². The Hall–Kier alpha value is -0.930. The van der Waals surface area contributed by atoms with Gasteiger partial charge < -0.3 is 15.2 Å². The zero-order chi connectivity index (χ0) is 13.5. The molecule has 3 nitrogen and oxygen atoms in total. The molecule has 1 rings (SSSR count). The molecular weight excluding hydrogens is 250 g/mol. The van der Waals surface area contributed by atoms with Gasteiger partial charge in [-0.3, -0.25) is 0 Å². The van der Waals surface area contributed by atoms with E-state index in [4.69, 9.17) is 26.8 Å². The third-order valence-corrected chi connectivity index (χ3v) is 3.52. The summed E-state index contributed by atoms with van der Waals surface area (Å²) < 4.78 is 10.6. The van der Waals surface area contributed by atoms with Crippen molar-refractivity contribution in [2.24, 2.45) is 5.73 Å². The van der Waals surface area contributed by atoms with Gasteiger partial charge in [-0.15, -0.1) is 0 Å². The fourth-order valence-corrected chi connectivity index (χ4v) is 2.43. The summed E-state index contributed by atoms with van der Waals surface area (Å²) >= 11 is 6.32. The summed E-state index contributed by atoms with van der Waals surface area (Å²) in [6.07, 6.45) is 3.08. The molecule has 1 unspecified atom stereocenters. The molecule has 0 aromatic heterocycles. The van der Waals surface area contributed by atoms with Crippen molar-refractivity contribution in [1.82, 2.24) is 0 Å². The Balaban J connectivity index is 3.06. The number of rotatable bonds is 7. The predicted molar refractivity (Wildman–Crippen MR) is 75.9 cm³/mol. The molecule has 0 saturated heterocycles. The zero-order valence-electron chi connectivity index (χ0n) is 11.3. The lowest BCUT2D eigenvalue weighted by molar-refractivity contribution is 0.354. The first kappa shape index (κ1) is 15.1. The van der Waals surface area contributed by atoms with Crippen molar-refractivity contribution in [2.45, 2.75) is 32.1 Å². The molecule has 0 saturated carbocycles. The average molecular weight is 272 g/mol. The van der Waals surface area contributed by atoms with E-state index in [1.807, 2.05) is 12.1 Å². The number of methoxy groups -OCH3 is 2. The first-order chi connectivity index (χ1) is 8.67. The molecule has 1 atom stereocenters. The van der Waals surface area contributed by atoms with Gasteiger partial charge >= 0.3 is 0 Å². The van der Waals surface area contributed by atoms with Crippen LogP contribution >= 0.6 is 11.6 Å². The Morgan fingerprint density at radius 2 is 1.83 bits per heavy atom. The molecule has 0 fully saturated rings. The zero-order valence-corrected chi connectivity index (χ0v) is 12.1. The smallest absolute Gasteiger partial charge is 0.162 e. The maximum Gasteiger partial charge on any atom is 0.162 e. The normalized spacial score (nSPS) is 12.3. The van der Waals surface area contributed by atoms with Gasteiger partial charge in [-0.05, 0) is 43.4 Å². The molecule has 0 aliphatic rings. The van der Waals surface area contributed by atoms with E-state index >= 15 is 0 Å². The number of nitrogens with two attached hydrogens (primary N) is 1. The van der Waals surface area contributed by atoms with Crippen LogP contribution in [0.4, 0.5) is 0 Å². The molecule has 0 aliphatic carbocycles. The van der Waals surface area contributed by atoms with Gasteiger partial charge in [-0.2, -0.15) is 0 Å². The summed E-state index contributed by atoms with van der Waals surface area (Å²) in [6, 6.07) is 3.80. The molecule has 18 heavy (non-hydrogen) atoms. The third-order valence-electron chi connectivity index (χ3n) is 3.19. The van der Waals surface area contributed by atoms with Crippen molar-refractivity contribution in [3.63, 3.8) is 0 Å². The highest BCUT2D eigenvalue weighted by Gasteiger charge is 2.16. The molecule has 2 N–H and O–H groups in total. The van der Waals surface area contributed by atoms with Gasteiger partial charge in [0.15, 0.2) is 11.5 Å². The molecule has 0 spiro atoms. The molecule has 1 aromatic carbocycles. The van der Waals surface area contributed by atoms with Gasteiger partial charge in [-0.25, -0.2) is 0 Å². The van der Waals surface area contributed by atoms with Crippen LogP contribution < -0.4 is 15.2 Å². The van der Waals surface area contributed by atoms with E-state index in [1.165, 1.54) is 0 Å². The van der Waals surface area contributed by atoms with Gasteiger partial charge in [0.2, 0.25) is 0 Å². The lowest BCUT2D eigenvalue weighted by Crippen LogP contribution is -2.05. The van der Waals surface area contributed by atoms with Crippen LogP contribution in [0.3, 0.4) is 0 Å². The SMILES string of the molecule is CCC(CCCN)c1cc(OC)c(OC)cc1Cl. The number of benzene rings is 1. The van der Waals surface area contributed by atoms with Crippen LogP contribution in [0.15, 0.2) is 12.1 Å². The monoisotopic (exact) mass is 271 g/mol. The summed E-state index contributed by atoms with van der Waals surface area (Å²) in [5.41, 5.74) is 6.69. The summed E-state index contributed by atoms with van der Waals surface area (Å²) in [5, 5.41) is 0.733. The van der Waals surface area contributed by atoms with Crippen LogP contribution in [-0.2, 0) is 0 Å². The van der Waals surface area contributed by atoms with Crippen molar-refractivity contribution in [3.8, 4) is 11.5 Å². The second-order valence-electron chi connectivity index (χ2n) is 4.26. The fraction of sp³-hybridized carbons (Fsp3) is 0.571. The Morgan fingerprint density at radius 1 is 1.22 bits per heavy atom. The number of hydrogen-bond acceptors (Lipinski definition) is 3. The van der Waals surface area contributed by atoms with Crippen molar-refractivity contribution < 1.29 is 9.47 Å². The minimum atomic E-state index is 0.417. The maximum absolute atomic E-state index is 6.32. The quantitative estimate of drug-likeness (QED) is 0.824. The van der Waals surface area contributed by atoms with Gasteiger partial charge in [0, 0.05) is 11.1 Å². The minimum Gasteiger partial charge on any atom is -0.493 e. The third kappa shape index (κ3) is 3.53. The van der Waals surface area contributed by atoms with Crippen LogP contribution in [0, 0.1) is 0 Å². The summed E-state index contributed by atoms with van der Waals surface area (Å²) in [4.78, 5) is 0. The Kier molecular flexibility index (Phi) is 6.30. The van der Waals surface area contributed by atoms with Gasteiger partial charge in [-0.1, -0.05) is 18.5 Å². The van der Waals surface area contributed by atoms with E-state index < -0.39 is 0 Å². The first-order valence-electron chi connectivity index (χ1n) is 6.29. The highest BCUT2D eigenvalue weighted by molar-refractivity contribution is 6.31. The van der Waals surface area contributed by atoms with E-state index in [2.05, 4.69) is 6.92 Å². The second kappa shape index (κ2) is 7.49. The Labute approximate surface area is 114 Å². The molecule has 0 bridgehead atoms. The molecule has 0 heterocycles. The topological polar surface area (TPSA) is 44.5 Å². The maximum atomic E-state index is 6.32. The highest BCUT2D eigenvalue weighted by atomic mass is 35.5. The Bertz CT molecular complexity index is 382. The van der Waals surface area contributed by atoms with E-state index in [1.54, 1.807) is 14.2 Å². The summed E-state index contributed by atoms with van der Waals surface area (Å²) in [5.74, 6) is 1.81. The molecule has 0 amide bonds. The highest BCUT2D eigenvalue weighted by Crippen LogP contribution is 2.38. The van der Waals surface area contributed by atoms with E-state index in [-0.39, 0.29) is 0 Å². The summed E-state index contributed by atoms with van der Waals surface area (Å²) in [7, 11) is 3.25. The standard InChI is InChI=1S/C14H22ClNO2/c1-4-10(6-5-7-16)11-8-13(17-2)14(18-3)9-12(11)15/h8-10H,4-7,16H2,1-3H3. The number of halogens is 1. The van der Waals surface area contributed by atoms with Crippen LogP contribution in [-0.4, -0.2) is 20.8 Å². The number of ether oxygens (including phenoxy) is 2. The minimum absolute atomic E-state index is 0.417. The van der Waals surface area contributed by atoms with Gasteiger partial charge in [0.05, 0.1) is 14.2 Å². The van der Waals surface area contributed by atoms with Crippen LogP contribution in [0.2, 0.25) is 5.02 Å². The first-order valence-corrected chi connectivity index (χ1v) is 6.67. The van der Waals surface area contributed by atoms with Crippen molar-refractivity contribution in [1.29, 1.82) is 0 Å². The van der Waals surface area contributed by atoms with Gasteiger partial charge in [0.1, 0.15) is 0 Å². The van der Waals surface area contributed by atoms with Crippen molar-refractivity contribution in [3.05, 3.63) is 22.7 Å². The van der Waals surface area contributed by atoms with E-state index in [0.29, 0.717) is 18.2 Å². The molecule has 0 radical (unpaired) electrons. The van der Waals surface area contributed by atoms with Crippen molar-refractivity contribution in [2.75, 3.05) is 20.8 Å². The molecular formula is C14H22ClNO2. The summed E-state index contributed by atoms with van der Waals surface area (Å²) in [6.45, 7) is 2.87. The molecule has 102 valence electrons.